The van der Waals surface area contributed by atoms with Crippen LogP contribution in [-0.4, -0.2) is 74.8 Å². The molecule has 2 aromatic carbocycles. The third-order valence-corrected chi connectivity index (χ3v) is 8.17. The number of methoxy groups -OCH3 is 2. The van der Waals surface area contributed by atoms with Crippen molar-refractivity contribution in [3.63, 3.8) is 0 Å². The van der Waals surface area contributed by atoms with E-state index in [-0.39, 0.29) is 31.4 Å². The summed E-state index contributed by atoms with van der Waals surface area (Å²) in [6, 6.07) is 13.1. The Bertz CT molecular complexity index is 1380. The van der Waals surface area contributed by atoms with Gasteiger partial charge in [-0.3, -0.25) is 9.59 Å². The summed E-state index contributed by atoms with van der Waals surface area (Å²) in [5.41, 5.74) is 1.81. The minimum atomic E-state index is -1.12. The quantitative estimate of drug-likeness (QED) is 0.247. The molecule has 2 aromatic rings. The van der Waals surface area contributed by atoms with Gasteiger partial charge in [0.25, 0.3) is 0 Å². The smallest absolute Gasteiger partial charge is 0.408 e. The number of nitrogens with one attached hydrogen (secondary N) is 2. The summed E-state index contributed by atoms with van der Waals surface area (Å²) in [6.07, 6.45) is 5.02. The molecule has 0 bridgehead atoms. The fraction of sp³-hybridized carbons (Fsp3) is 0.514. The first-order chi connectivity index (χ1) is 23.0. The zero-order valence-corrected chi connectivity index (χ0v) is 29.0. The third kappa shape index (κ3) is 11.9. The van der Waals surface area contributed by atoms with Crippen LogP contribution in [0.5, 0.6) is 11.5 Å². The highest BCUT2D eigenvalue weighted by Gasteiger charge is 2.34. The molecule has 3 amide bonds. The van der Waals surface area contributed by atoms with Crippen LogP contribution in [0.2, 0.25) is 0 Å². The summed E-state index contributed by atoms with van der Waals surface area (Å²) in [4.78, 5) is 55.6. The SMILES string of the molecule is CCOC(=O)[C@@H]1CC(C(=O)N(C)Cc2ccc(OC)cc2OC)C/C=C\CCC(Cc2ccccc2)OC(=O)N[C@@H](CC(C)C)C(=O)N1. The molecule has 3 rings (SSSR count). The molecular weight excluding hydrogens is 614 g/mol. The lowest BCUT2D eigenvalue weighted by molar-refractivity contribution is -0.148. The van der Waals surface area contributed by atoms with E-state index in [1.807, 2.05) is 62.4 Å². The third-order valence-electron chi connectivity index (χ3n) is 8.17. The summed E-state index contributed by atoms with van der Waals surface area (Å²) in [5.74, 6) is -0.804. The molecule has 0 saturated carbocycles. The maximum absolute atomic E-state index is 14.0. The van der Waals surface area contributed by atoms with E-state index in [0.29, 0.717) is 43.6 Å². The van der Waals surface area contributed by atoms with E-state index in [2.05, 4.69) is 10.6 Å². The van der Waals surface area contributed by atoms with Gasteiger partial charge in [0, 0.05) is 37.6 Å². The second-order valence-corrected chi connectivity index (χ2v) is 12.4. The van der Waals surface area contributed by atoms with Gasteiger partial charge in [0.2, 0.25) is 11.8 Å². The number of hydrogen-bond acceptors (Lipinski definition) is 8. The molecule has 4 atom stereocenters. The molecule has 11 heteroatoms. The number of cyclic esters (lactones) is 1. The van der Waals surface area contributed by atoms with Gasteiger partial charge in [-0.15, -0.1) is 0 Å². The zero-order valence-electron chi connectivity index (χ0n) is 29.0. The number of alkyl carbamates (subject to hydrolysis) is 1. The van der Waals surface area contributed by atoms with Gasteiger partial charge < -0.3 is 34.5 Å². The Morgan fingerprint density at radius 3 is 2.44 bits per heavy atom. The van der Waals surface area contributed by atoms with Crippen LogP contribution in [0, 0.1) is 11.8 Å². The standard InChI is InChI=1S/C37H51N3O8/c1-7-47-36(43)32-22-27(35(42)40(4)24-28-18-19-29(45-5)23-33(28)46-6)16-12-9-13-17-30(21-26-14-10-8-11-15-26)48-37(44)39-31(20-25(2)3)34(41)38-32/h8-12,14-15,18-19,23,25,27,30-32H,7,13,16-17,20-22,24H2,1-6H3,(H,38,41)(H,39,44)/b12-9-/t27?,30?,31-,32-/m0/s1. The normalized spacial score (nSPS) is 21.4. The number of amides is 3. The van der Waals surface area contributed by atoms with Crippen LogP contribution in [-0.2, 0) is 36.8 Å². The number of esters is 1. The number of rotatable bonds is 11. The van der Waals surface area contributed by atoms with Crippen molar-refractivity contribution in [3.05, 3.63) is 71.8 Å². The van der Waals surface area contributed by atoms with E-state index < -0.39 is 42.1 Å². The van der Waals surface area contributed by atoms with E-state index >= 15 is 0 Å². The first kappa shape index (κ1) is 37.9. The van der Waals surface area contributed by atoms with Gasteiger partial charge in [-0.1, -0.05) is 56.3 Å². The van der Waals surface area contributed by atoms with Gasteiger partial charge in [-0.05, 0) is 62.6 Å². The minimum absolute atomic E-state index is 0.00725. The fourth-order valence-electron chi connectivity index (χ4n) is 5.71. The molecule has 11 nitrogen and oxygen atoms in total. The van der Waals surface area contributed by atoms with Gasteiger partial charge in [0.05, 0.1) is 20.8 Å². The lowest BCUT2D eigenvalue weighted by Gasteiger charge is -2.28. The van der Waals surface area contributed by atoms with E-state index in [1.54, 1.807) is 45.2 Å². The Hall–Kier alpha value is -4.54. The second-order valence-electron chi connectivity index (χ2n) is 12.4. The van der Waals surface area contributed by atoms with Crippen molar-refractivity contribution in [1.29, 1.82) is 0 Å². The maximum Gasteiger partial charge on any atom is 0.408 e. The van der Waals surface area contributed by atoms with Crippen molar-refractivity contribution in [1.82, 2.24) is 15.5 Å². The van der Waals surface area contributed by atoms with Crippen LogP contribution >= 0.6 is 0 Å². The lowest BCUT2D eigenvalue weighted by Crippen LogP contribution is -2.53. The van der Waals surface area contributed by atoms with Gasteiger partial charge in [-0.2, -0.15) is 0 Å². The molecule has 0 aliphatic carbocycles. The highest BCUT2D eigenvalue weighted by Crippen LogP contribution is 2.27. The largest absolute Gasteiger partial charge is 0.497 e. The Balaban J connectivity index is 1.92. The summed E-state index contributed by atoms with van der Waals surface area (Å²) in [6.45, 7) is 5.90. The van der Waals surface area contributed by atoms with Crippen LogP contribution in [0.15, 0.2) is 60.7 Å². The van der Waals surface area contributed by atoms with Crippen molar-refractivity contribution >= 4 is 23.9 Å². The molecule has 0 saturated heterocycles. The number of benzene rings is 2. The van der Waals surface area contributed by atoms with Crippen LogP contribution in [0.3, 0.4) is 0 Å². The summed E-state index contributed by atoms with van der Waals surface area (Å²) >= 11 is 0. The van der Waals surface area contributed by atoms with E-state index in [1.165, 1.54) is 0 Å². The van der Waals surface area contributed by atoms with Gasteiger partial charge in [0.1, 0.15) is 29.7 Å². The minimum Gasteiger partial charge on any atom is -0.497 e. The Labute approximate surface area is 284 Å². The fourth-order valence-corrected chi connectivity index (χ4v) is 5.71. The van der Waals surface area contributed by atoms with Crippen molar-refractivity contribution in [2.75, 3.05) is 27.9 Å². The van der Waals surface area contributed by atoms with Crippen molar-refractivity contribution < 1.29 is 38.1 Å². The number of carbonyl (C=O) groups excluding carboxylic acids is 4. The van der Waals surface area contributed by atoms with Gasteiger partial charge >= 0.3 is 12.1 Å². The topological polar surface area (TPSA) is 132 Å². The molecule has 2 N–H and O–H groups in total. The summed E-state index contributed by atoms with van der Waals surface area (Å²) in [5, 5.41) is 5.52. The van der Waals surface area contributed by atoms with Gasteiger partial charge in [0.15, 0.2) is 0 Å². The molecule has 262 valence electrons. The molecule has 1 aliphatic heterocycles. The molecule has 2 unspecified atom stereocenters. The maximum atomic E-state index is 14.0. The average Bonchev–Trinajstić information content (AvgIpc) is 3.06. The molecule has 0 radical (unpaired) electrons. The predicted octanol–water partition coefficient (Wildman–Crippen LogP) is 5.21. The molecule has 1 heterocycles. The molecular formula is C37H51N3O8. The number of hydrogen-bond donors (Lipinski definition) is 2. The van der Waals surface area contributed by atoms with Crippen LogP contribution in [0.4, 0.5) is 4.79 Å². The van der Waals surface area contributed by atoms with Crippen molar-refractivity contribution in [2.45, 2.75) is 84.0 Å². The highest BCUT2D eigenvalue weighted by molar-refractivity contribution is 5.90. The van der Waals surface area contributed by atoms with Crippen LogP contribution in [0.25, 0.3) is 0 Å². The van der Waals surface area contributed by atoms with Gasteiger partial charge in [-0.25, -0.2) is 9.59 Å². The first-order valence-corrected chi connectivity index (χ1v) is 16.6. The Morgan fingerprint density at radius 2 is 1.77 bits per heavy atom. The van der Waals surface area contributed by atoms with E-state index in [0.717, 1.165) is 11.1 Å². The molecule has 0 fully saturated rings. The molecule has 48 heavy (non-hydrogen) atoms. The zero-order chi connectivity index (χ0) is 35.1. The van der Waals surface area contributed by atoms with Crippen molar-refractivity contribution in [3.8, 4) is 11.5 Å². The Morgan fingerprint density at radius 1 is 1.02 bits per heavy atom. The molecule has 0 aromatic heterocycles. The average molecular weight is 666 g/mol. The predicted molar refractivity (Wildman–Crippen MR) is 182 cm³/mol. The van der Waals surface area contributed by atoms with Crippen molar-refractivity contribution in [2.24, 2.45) is 11.8 Å². The number of allylic oxidation sites excluding steroid dienone is 2. The first-order valence-electron chi connectivity index (χ1n) is 16.6. The van der Waals surface area contributed by atoms with Crippen LogP contribution < -0.4 is 20.1 Å². The summed E-state index contributed by atoms with van der Waals surface area (Å²) < 4.78 is 22.0. The number of nitrogens with zero attached hydrogens (tertiary/aromatic N) is 1. The van der Waals surface area contributed by atoms with E-state index in [4.69, 9.17) is 18.9 Å². The monoisotopic (exact) mass is 665 g/mol. The lowest BCUT2D eigenvalue weighted by atomic mass is 9.93. The number of carbonyl (C=O) groups is 4. The second kappa shape index (κ2) is 19.3. The highest BCUT2D eigenvalue weighted by atomic mass is 16.6. The van der Waals surface area contributed by atoms with Crippen LogP contribution in [0.1, 0.15) is 64.0 Å². The van der Waals surface area contributed by atoms with E-state index in [9.17, 15) is 19.2 Å². The number of ether oxygens (including phenoxy) is 4. The molecule has 0 spiro atoms. The Kier molecular flexibility index (Phi) is 15.3. The summed E-state index contributed by atoms with van der Waals surface area (Å²) in [7, 11) is 4.83. The molecule has 1 aliphatic rings.